The van der Waals surface area contributed by atoms with Crippen molar-refractivity contribution in [2.45, 2.75) is 25.8 Å². The van der Waals surface area contributed by atoms with Crippen molar-refractivity contribution in [2.75, 3.05) is 13.6 Å². The molecule has 1 heterocycles. The first-order valence-corrected chi connectivity index (χ1v) is 8.84. The third-order valence-corrected chi connectivity index (χ3v) is 5.12. The lowest BCUT2D eigenvalue weighted by molar-refractivity contribution is -0.140. The molecule has 0 saturated carbocycles. The van der Waals surface area contributed by atoms with Crippen molar-refractivity contribution in [3.8, 4) is 0 Å². The first-order valence-electron chi connectivity index (χ1n) is 8.46. The highest BCUT2D eigenvalue weighted by molar-refractivity contribution is 6.30. The maximum Gasteiger partial charge on any atom is 0.233 e. The molecule has 5 nitrogen and oxygen atoms in total. The van der Waals surface area contributed by atoms with Gasteiger partial charge in [-0.1, -0.05) is 35.9 Å². The monoisotopic (exact) mass is 360 g/mol. The largest absolute Gasteiger partial charge is 0.341 e. The molecule has 25 heavy (non-hydrogen) atoms. The van der Waals surface area contributed by atoms with E-state index in [1.807, 2.05) is 30.4 Å². The molecule has 1 fully saturated rings. The minimum absolute atomic E-state index is 0.103. The summed E-state index contributed by atoms with van der Waals surface area (Å²) in [6.45, 7) is 0.597. The minimum Gasteiger partial charge on any atom is -0.341 e. The Morgan fingerprint density at radius 1 is 1.20 bits per heavy atom. The minimum atomic E-state index is -0.239. The van der Waals surface area contributed by atoms with Crippen LogP contribution in [0, 0.1) is 11.8 Å². The molecule has 0 spiro atoms. The van der Waals surface area contributed by atoms with Gasteiger partial charge in [0.2, 0.25) is 17.7 Å². The molecule has 0 aromatic heterocycles. The molecule has 2 aliphatic rings. The van der Waals surface area contributed by atoms with Crippen LogP contribution in [-0.2, 0) is 20.9 Å². The molecule has 1 aliphatic carbocycles. The summed E-state index contributed by atoms with van der Waals surface area (Å²) in [5.74, 6) is -0.851. The van der Waals surface area contributed by atoms with E-state index < -0.39 is 0 Å². The van der Waals surface area contributed by atoms with Crippen molar-refractivity contribution in [1.29, 1.82) is 0 Å². The van der Waals surface area contributed by atoms with E-state index in [4.69, 9.17) is 11.6 Å². The Balaban J connectivity index is 1.55. The maximum absolute atomic E-state index is 12.4. The predicted octanol–water partition coefficient (Wildman–Crippen LogP) is 2.64. The van der Waals surface area contributed by atoms with Crippen LogP contribution >= 0.6 is 11.6 Å². The van der Waals surface area contributed by atoms with Gasteiger partial charge in [-0.3, -0.25) is 19.3 Å². The number of carbonyl (C=O) groups excluding carboxylic acids is 3. The Kier molecular flexibility index (Phi) is 5.23. The lowest BCUT2D eigenvalue weighted by Gasteiger charge is -2.20. The van der Waals surface area contributed by atoms with E-state index in [0.29, 0.717) is 24.4 Å². The van der Waals surface area contributed by atoms with E-state index in [0.717, 1.165) is 5.56 Å². The number of nitrogens with zero attached hydrogens (tertiary/aromatic N) is 2. The molecule has 1 saturated heterocycles. The van der Waals surface area contributed by atoms with Gasteiger partial charge in [0, 0.05) is 31.6 Å². The van der Waals surface area contributed by atoms with E-state index in [9.17, 15) is 14.4 Å². The van der Waals surface area contributed by atoms with Crippen molar-refractivity contribution in [2.24, 2.45) is 11.8 Å². The first-order chi connectivity index (χ1) is 12.0. The van der Waals surface area contributed by atoms with E-state index in [1.54, 1.807) is 18.0 Å². The average molecular weight is 361 g/mol. The van der Waals surface area contributed by atoms with Gasteiger partial charge in [0.05, 0.1) is 11.8 Å². The maximum atomic E-state index is 12.4. The highest BCUT2D eigenvalue weighted by Crippen LogP contribution is 2.35. The third-order valence-electron chi connectivity index (χ3n) is 4.88. The van der Waals surface area contributed by atoms with E-state index in [1.165, 1.54) is 4.90 Å². The molecule has 1 aromatic rings. The third kappa shape index (κ3) is 3.76. The van der Waals surface area contributed by atoms with Crippen LogP contribution in [0.25, 0.3) is 0 Å². The topological polar surface area (TPSA) is 57.7 Å². The van der Waals surface area contributed by atoms with Gasteiger partial charge in [-0.2, -0.15) is 0 Å². The van der Waals surface area contributed by atoms with Crippen LogP contribution in [0.15, 0.2) is 36.4 Å². The Labute approximate surface area is 152 Å². The Bertz CT molecular complexity index is 705. The van der Waals surface area contributed by atoms with Crippen LogP contribution in [0.5, 0.6) is 0 Å². The summed E-state index contributed by atoms with van der Waals surface area (Å²) in [5.41, 5.74) is 0.939. The summed E-state index contributed by atoms with van der Waals surface area (Å²) in [6, 6.07) is 7.34. The molecule has 0 bridgehead atoms. The van der Waals surface area contributed by atoms with Gasteiger partial charge < -0.3 is 4.90 Å². The van der Waals surface area contributed by atoms with Gasteiger partial charge in [-0.05, 0) is 30.5 Å². The second kappa shape index (κ2) is 7.40. The summed E-state index contributed by atoms with van der Waals surface area (Å²) in [5, 5.41) is 0.628. The summed E-state index contributed by atoms with van der Waals surface area (Å²) in [7, 11) is 1.71. The molecule has 3 amide bonds. The molecule has 0 N–H and O–H groups in total. The smallest absolute Gasteiger partial charge is 0.233 e. The van der Waals surface area contributed by atoms with Crippen molar-refractivity contribution >= 4 is 29.3 Å². The molecule has 0 radical (unpaired) electrons. The van der Waals surface area contributed by atoms with E-state index >= 15 is 0 Å². The number of hydrogen-bond donors (Lipinski definition) is 0. The predicted molar refractivity (Wildman–Crippen MR) is 94.6 cm³/mol. The zero-order valence-corrected chi connectivity index (χ0v) is 14.9. The Morgan fingerprint density at radius 3 is 2.44 bits per heavy atom. The van der Waals surface area contributed by atoms with Gasteiger partial charge in [0.15, 0.2) is 0 Å². The normalized spacial score (nSPS) is 22.2. The fourth-order valence-electron chi connectivity index (χ4n) is 3.49. The zero-order chi connectivity index (χ0) is 18.0. The van der Waals surface area contributed by atoms with Crippen LogP contribution in [0.4, 0.5) is 0 Å². The summed E-state index contributed by atoms with van der Waals surface area (Å²) in [4.78, 5) is 40.0. The molecular weight excluding hydrogens is 340 g/mol. The highest BCUT2D eigenvalue weighted by Gasteiger charge is 2.46. The molecule has 6 heteroatoms. The van der Waals surface area contributed by atoms with Gasteiger partial charge in [-0.15, -0.1) is 0 Å². The molecular formula is C19H21ClN2O3. The van der Waals surface area contributed by atoms with Gasteiger partial charge in [0.1, 0.15) is 0 Å². The lowest BCUT2D eigenvalue weighted by atomic mass is 9.85. The zero-order valence-electron chi connectivity index (χ0n) is 14.2. The van der Waals surface area contributed by atoms with E-state index in [2.05, 4.69) is 0 Å². The van der Waals surface area contributed by atoms with Crippen molar-refractivity contribution in [3.63, 3.8) is 0 Å². The standard InChI is InChI=1S/C19H21ClN2O3/c1-21(12-13-5-4-6-14(20)11-13)17(23)9-10-22-18(24)15-7-2-3-8-16(15)19(22)25/h2-6,11,15-16H,7-10,12H2,1H3/t15-,16-/m1/s1. The fraction of sp³-hybridized carbons (Fsp3) is 0.421. The van der Waals surface area contributed by atoms with Crippen LogP contribution in [-0.4, -0.2) is 41.1 Å². The van der Waals surface area contributed by atoms with Crippen LogP contribution in [0.2, 0.25) is 5.02 Å². The van der Waals surface area contributed by atoms with Gasteiger partial charge in [0.25, 0.3) is 0 Å². The van der Waals surface area contributed by atoms with Crippen molar-refractivity contribution in [1.82, 2.24) is 9.80 Å². The van der Waals surface area contributed by atoms with Crippen LogP contribution in [0.3, 0.4) is 0 Å². The number of amides is 3. The first kappa shape index (κ1) is 17.7. The number of allylic oxidation sites excluding steroid dienone is 2. The molecule has 1 aliphatic heterocycles. The fourth-order valence-corrected chi connectivity index (χ4v) is 3.70. The molecule has 1 aromatic carbocycles. The molecule has 2 atom stereocenters. The summed E-state index contributed by atoms with van der Waals surface area (Å²) in [6.07, 6.45) is 5.30. The van der Waals surface area contributed by atoms with Crippen molar-refractivity contribution in [3.05, 3.63) is 47.0 Å². The number of benzene rings is 1. The molecule has 132 valence electrons. The quantitative estimate of drug-likeness (QED) is 0.599. The van der Waals surface area contributed by atoms with Crippen LogP contribution in [0.1, 0.15) is 24.8 Å². The van der Waals surface area contributed by atoms with Crippen LogP contribution < -0.4 is 0 Å². The number of rotatable bonds is 5. The Hall–Kier alpha value is -2.14. The second-order valence-corrected chi connectivity index (χ2v) is 7.05. The average Bonchev–Trinajstić information content (AvgIpc) is 2.84. The number of likely N-dealkylation sites (tertiary alicyclic amines) is 1. The summed E-state index contributed by atoms with van der Waals surface area (Å²) >= 11 is 5.96. The number of fused-ring (bicyclic) bond motifs is 1. The lowest BCUT2D eigenvalue weighted by Crippen LogP contribution is -2.36. The number of imide groups is 1. The van der Waals surface area contributed by atoms with E-state index in [-0.39, 0.29) is 42.5 Å². The second-order valence-electron chi connectivity index (χ2n) is 6.61. The number of halogens is 1. The number of carbonyl (C=O) groups is 3. The van der Waals surface area contributed by atoms with Crippen molar-refractivity contribution < 1.29 is 14.4 Å². The highest BCUT2D eigenvalue weighted by atomic mass is 35.5. The number of hydrogen-bond acceptors (Lipinski definition) is 3. The Morgan fingerprint density at radius 2 is 1.84 bits per heavy atom. The summed E-state index contributed by atoms with van der Waals surface area (Å²) < 4.78 is 0. The SMILES string of the molecule is CN(Cc1cccc(Cl)c1)C(=O)CCN1C(=O)[C@@H]2CC=CC[C@H]2C1=O. The molecule has 0 unspecified atom stereocenters. The molecule has 3 rings (SSSR count). The van der Waals surface area contributed by atoms with Gasteiger partial charge in [-0.25, -0.2) is 0 Å². The van der Waals surface area contributed by atoms with Gasteiger partial charge >= 0.3 is 0 Å².